The minimum Gasteiger partial charge on any atom is -0.480 e. The van der Waals surface area contributed by atoms with Crippen LogP contribution in [0.25, 0.3) is 0 Å². The highest BCUT2D eigenvalue weighted by Crippen LogP contribution is 2.07. The number of aliphatic carboxylic acids is 1. The van der Waals surface area contributed by atoms with Gasteiger partial charge in [0.1, 0.15) is 13.2 Å². The van der Waals surface area contributed by atoms with Crippen molar-refractivity contribution in [3.05, 3.63) is 30.1 Å². The molecule has 0 aromatic carbocycles. The lowest BCUT2D eigenvalue weighted by Crippen LogP contribution is -2.31. The number of carboxylic acid groups (broad SMARTS) is 1. The molecule has 6 heteroatoms. The second kappa shape index (κ2) is 6.59. The number of nitrogens with one attached hydrogen (secondary N) is 1. The van der Waals surface area contributed by atoms with Crippen molar-refractivity contribution in [3.8, 4) is 0 Å². The van der Waals surface area contributed by atoms with Gasteiger partial charge in [-0.15, -0.1) is 0 Å². The Hall–Kier alpha value is -1.95. The molecule has 0 fully saturated rings. The lowest BCUT2D eigenvalue weighted by molar-refractivity contribution is -0.143. The first kappa shape index (κ1) is 13.1. The lowest BCUT2D eigenvalue weighted by Gasteiger charge is -2.12. The monoisotopic (exact) mass is 238 g/mol. The normalized spacial score (nSPS) is 11.8. The van der Waals surface area contributed by atoms with Crippen LogP contribution in [0.15, 0.2) is 24.4 Å². The van der Waals surface area contributed by atoms with Crippen LogP contribution in [0.4, 0.5) is 0 Å². The summed E-state index contributed by atoms with van der Waals surface area (Å²) in [5.41, 5.74) is 0.735. The van der Waals surface area contributed by atoms with Crippen LogP contribution in [-0.4, -0.2) is 35.2 Å². The molecular formula is C11H14N2O4. The van der Waals surface area contributed by atoms with E-state index in [1.165, 1.54) is 0 Å². The van der Waals surface area contributed by atoms with Gasteiger partial charge < -0.3 is 15.2 Å². The second-order valence-electron chi connectivity index (χ2n) is 3.43. The Kier molecular flexibility index (Phi) is 5.09. The molecule has 1 aromatic heterocycles. The van der Waals surface area contributed by atoms with E-state index < -0.39 is 12.6 Å². The lowest BCUT2D eigenvalue weighted by atomic mass is 10.2. The summed E-state index contributed by atoms with van der Waals surface area (Å²) in [6.45, 7) is 1.03. The van der Waals surface area contributed by atoms with Gasteiger partial charge in [-0.05, 0) is 19.1 Å². The SMILES string of the molecule is CC(NC(=O)COCC(=O)O)c1ccccn1. The number of rotatable bonds is 6. The van der Waals surface area contributed by atoms with Gasteiger partial charge in [0.25, 0.3) is 0 Å². The summed E-state index contributed by atoms with van der Waals surface area (Å²) in [6, 6.07) is 5.17. The molecule has 2 N–H and O–H groups in total. The van der Waals surface area contributed by atoms with E-state index in [4.69, 9.17) is 5.11 Å². The van der Waals surface area contributed by atoms with Gasteiger partial charge in [0.05, 0.1) is 11.7 Å². The van der Waals surface area contributed by atoms with Crippen molar-refractivity contribution in [2.75, 3.05) is 13.2 Å². The average molecular weight is 238 g/mol. The van der Waals surface area contributed by atoms with Crippen LogP contribution in [0, 0.1) is 0 Å². The zero-order valence-electron chi connectivity index (χ0n) is 9.42. The van der Waals surface area contributed by atoms with E-state index in [1.807, 2.05) is 6.07 Å². The van der Waals surface area contributed by atoms with Gasteiger partial charge in [0.2, 0.25) is 5.91 Å². The highest BCUT2D eigenvalue weighted by atomic mass is 16.5. The van der Waals surface area contributed by atoms with E-state index in [1.54, 1.807) is 25.3 Å². The number of pyridine rings is 1. The fourth-order valence-corrected chi connectivity index (χ4v) is 1.22. The average Bonchev–Trinajstić information content (AvgIpc) is 2.29. The largest absolute Gasteiger partial charge is 0.480 e. The van der Waals surface area contributed by atoms with Crippen molar-refractivity contribution >= 4 is 11.9 Å². The van der Waals surface area contributed by atoms with Gasteiger partial charge in [-0.25, -0.2) is 4.79 Å². The Labute approximate surface area is 98.6 Å². The van der Waals surface area contributed by atoms with Crippen LogP contribution in [0.3, 0.4) is 0 Å². The smallest absolute Gasteiger partial charge is 0.329 e. The van der Waals surface area contributed by atoms with E-state index in [0.717, 1.165) is 5.69 Å². The molecule has 1 rings (SSSR count). The second-order valence-corrected chi connectivity index (χ2v) is 3.43. The Morgan fingerprint density at radius 1 is 1.47 bits per heavy atom. The molecule has 1 aromatic rings. The third-order valence-electron chi connectivity index (χ3n) is 1.97. The third kappa shape index (κ3) is 5.07. The summed E-state index contributed by atoms with van der Waals surface area (Å²) in [4.78, 5) is 25.6. The van der Waals surface area contributed by atoms with Crippen LogP contribution < -0.4 is 5.32 Å². The van der Waals surface area contributed by atoms with Crippen LogP contribution in [0.2, 0.25) is 0 Å². The van der Waals surface area contributed by atoms with Crippen molar-refractivity contribution in [2.24, 2.45) is 0 Å². The maximum Gasteiger partial charge on any atom is 0.329 e. The molecule has 1 heterocycles. The molecule has 1 atom stereocenters. The topological polar surface area (TPSA) is 88.5 Å². The first-order valence-electron chi connectivity index (χ1n) is 5.09. The summed E-state index contributed by atoms with van der Waals surface area (Å²) in [5, 5.41) is 11.0. The molecule has 0 radical (unpaired) electrons. The van der Waals surface area contributed by atoms with Crippen LogP contribution >= 0.6 is 0 Å². The van der Waals surface area contributed by atoms with Crippen LogP contribution in [0.1, 0.15) is 18.7 Å². The molecule has 6 nitrogen and oxygen atoms in total. The molecule has 0 aliphatic carbocycles. The molecule has 0 aliphatic heterocycles. The Bertz CT molecular complexity index is 380. The standard InChI is InChI=1S/C11H14N2O4/c1-8(9-4-2-3-5-12-9)13-10(14)6-17-7-11(15)16/h2-5,8H,6-7H2,1H3,(H,13,14)(H,15,16). The number of carboxylic acids is 1. The van der Waals surface area contributed by atoms with Gasteiger partial charge in [0.15, 0.2) is 0 Å². The summed E-state index contributed by atoms with van der Waals surface area (Å²) in [7, 11) is 0. The summed E-state index contributed by atoms with van der Waals surface area (Å²) >= 11 is 0. The number of hydrogen-bond donors (Lipinski definition) is 2. The molecule has 1 amide bonds. The maximum atomic E-state index is 11.4. The number of carbonyl (C=O) groups is 2. The zero-order chi connectivity index (χ0) is 12.7. The summed E-state index contributed by atoms with van der Waals surface area (Å²) in [5.74, 6) is -1.47. The number of amides is 1. The molecule has 0 saturated heterocycles. The Morgan fingerprint density at radius 2 is 2.24 bits per heavy atom. The minimum atomic E-state index is -1.10. The first-order valence-corrected chi connectivity index (χ1v) is 5.09. The Morgan fingerprint density at radius 3 is 2.82 bits per heavy atom. The van der Waals surface area contributed by atoms with E-state index in [2.05, 4.69) is 15.0 Å². The number of carbonyl (C=O) groups excluding carboxylic acids is 1. The van der Waals surface area contributed by atoms with E-state index in [-0.39, 0.29) is 18.6 Å². The van der Waals surface area contributed by atoms with Crippen molar-refractivity contribution in [1.82, 2.24) is 10.3 Å². The minimum absolute atomic E-state index is 0.239. The van der Waals surface area contributed by atoms with Crippen molar-refractivity contribution in [3.63, 3.8) is 0 Å². The van der Waals surface area contributed by atoms with Gasteiger partial charge in [-0.1, -0.05) is 6.07 Å². The predicted molar refractivity (Wildman–Crippen MR) is 59.2 cm³/mol. The Balaban J connectivity index is 2.34. The number of aromatic nitrogens is 1. The number of ether oxygens (including phenoxy) is 1. The molecule has 0 aliphatic rings. The molecule has 0 bridgehead atoms. The van der Waals surface area contributed by atoms with Crippen LogP contribution in [0.5, 0.6) is 0 Å². The molecule has 17 heavy (non-hydrogen) atoms. The van der Waals surface area contributed by atoms with E-state index in [0.29, 0.717) is 0 Å². The zero-order valence-corrected chi connectivity index (χ0v) is 9.42. The van der Waals surface area contributed by atoms with Gasteiger partial charge >= 0.3 is 5.97 Å². The van der Waals surface area contributed by atoms with E-state index in [9.17, 15) is 9.59 Å². The molecule has 0 saturated carbocycles. The van der Waals surface area contributed by atoms with Crippen molar-refractivity contribution in [2.45, 2.75) is 13.0 Å². The third-order valence-corrected chi connectivity index (χ3v) is 1.97. The number of hydrogen-bond acceptors (Lipinski definition) is 4. The van der Waals surface area contributed by atoms with Gasteiger partial charge in [-0.3, -0.25) is 9.78 Å². The fourth-order valence-electron chi connectivity index (χ4n) is 1.22. The van der Waals surface area contributed by atoms with Gasteiger partial charge in [-0.2, -0.15) is 0 Å². The quantitative estimate of drug-likeness (QED) is 0.747. The summed E-state index contributed by atoms with van der Waals surface area (Å²) < 4.78 is 4.66. The first-order chi connectivity index (χ1) is 8.09. The van der Waals surface area contributed by atoms with Crippen LogP contribution in [-0.2, 0) is 14.3 Å². The van der Waals surface area contributed by atoms with E-state index >= 15 is 0 Å². The molecular weight excluding hydrogens is 224 g/mol. The molecule has 1 unspecified atom stereocenters. The predicted octanol–water partition coefficient (Wildman–Crippen LogP) is 0.360. The van der Waals surface area contributed by atoms with Crippen molar-refractivity contribution in [1.29, 1.82) is 0 Å². The highest BCUT2D eigenvalue weighted by molar-refractivity contribution is 5.78. The summed E-state index contributed by atoms with van der Waals surface area (Å²) in [6.07, 6.45) is 1.64. The fraction of sp³-hybridized carbons (Fsp3) is 0.364. The van der Waals surface area contributed by atoms with Gasteiger partial charge in [0, 0.05) is 6.20 Å². The van der Waals surface area contributed by atoms with Crippen molar-refractivity contribution < 1.29 is 19.4 Å². The molecule has 92 valence electrons. The maximum absolute atomic E-state index is 11.4. The highest BCUT2D eigenvalue weighted by Gasteiger charge is 2.10. The number of nitrogens with zero attached hydrogens (tertiary/aromatic N) is 1. The molecule has 0 spiro atoms.